The highest BCUT2D eigenvalue weighted by molar-refractivity contribution is 5.39. The second-order valence-corrected chi connectivity index (χ2v) is 4.08. The molecule has 1 aromatic rings. The first kappa shape index (κ1) is 11.8. The third kappa shape index (κ3) is 3.40. The molecule has 0 saturated heterocycles. The van der Waals surface area contributed by atoms with Crippen LogP contribution < -0.4 is 10.5 Å². The van der Waals surface area contributed by atoms with Gasteiger partial charge < -0.3 is 10.5 Å². The molecule has 0 spiro atoms. The summed E-state index contributed by atoms with van der Waals surface area (Å²) in [6.07, 6.45) is 0. The molecule has 2 heteroatoms. The lowest BCUT2D eigenvalue weighted by Crippen LogP contribution is -2.09. The Morgan fingerprint density at radius 1 is 1.53 bits per heavy atom. The lowest BCUT2D eigenvalue weighted by molar-refractivity contribution is 0.346. The molecule has 2 N–H and O–H groups in total. The first-order valence-electron chi connectivity index (χ1n) is 5.14. The van der Waals surface area contributed by atoms with Crippen molar-refractivity contribution in [2.75, 3.05) is 6.61 Å². The van der Waals surface area contributed by atoms with Crippen LogP contribution in [0.5, 0.6) is 5.75 Å². The summed E-state index contributed by atoms with van der Waals surface area (Å²) in [4.78, 5) is 0. The monoisotopic (exact) mass is 205 g/mol. The summed E-state index contributed by atoms with van der Waals surface area (Å²) < 4.78 is 5.66. The van der Waals surface area contributed by atoms with Crippen molar-refractivity contribution in [3.8, 4) is 5.75 Å². The van der Waals surface area contributed by atoms with Crippen molar-refractivity contribution in [1.29, 1.82) is 0 Å². The lowest BCUT2D eigenvalue weighted by atomic mass is 10.1. The minimum Gasteiger partial charge on any atom is -0.489 e. The van der Waals surface area contributed by atoms with Crippen molar-refractivity contribution in [3.05, 3.63) is 41.5 Å². The molecule has 0 aliphatic heterocycles. The molecular weight excluding hydrogens is 186 g/mol. The number of hydrogen-bond donors (Lipinski definition) is 1. The highest BCUT2D eigenvalue weighted by Gasteiger charge is 2.07. The second kappa shape index (κ2) is 4.99. The molecule has 2 nitrogen and oxygen atoms in total. The van der Waals surface area contributed by atoms with Gasteiger partial charge in [0.25, 0.3) is 0 Å². The summed E-state index contributed by atoms with van der Waals surface area (Å²) in [5.41, 5.74) is 9.10. The van der Waals surface area contributed by atoms with Gasteiger partial charge in [0.15, 0.2) is 0 Å². The van der Waals surface area contributed by atoms with Gasteiger partial charge in [-0.15, -0.1) is 0 Å². The van der Waals surface area contributed by atoms with Gasteiger partial charge in [-0.3, -0.25) is 0 Å². The summed E-state index contributed by atoms with van der Waals surface area (Å²) in [6.45, 7) is 10.3. The zero-order valence-electron chi connectivity index (χ0n) is 9.71. The Bertz CT molecular complexity index is 356. The van der Waals surface area contributed by atoms with Crippen molar-refractivity contribution in [2.24, 2.45) is 5.73 Å². The van der Waals surface area contributed by atoms with Crippen LogP contribution in [0.15, 0.2) is 30.4 Å². The van der Waals surface area contributed by atoms with Crippen LogP contribution >= 0.6 is 0 Å². The molecule has 82 valence electrons. The Hall–Kier alpha value is -1.28. The Morgan fingerprint density at radius 3 is 2.73 bits per heavy atom. The number of rotatable bonds is 4. The van der Waals surface area contributed by atoms with E-state index in [9.17, 15) is 0 Å². The highest BCUT2D eigenvalue weighted by Crippen LogP contribution is 2.25. The molecule has 15 heavy (non-hydrogen) atoms. The molecule has 1 rings (SSSR count). The summed E-state index contributed by atoms with van der Waals surface area (Å²) in [5, 5.41) is 0. The van der Waals surface area contributed by atoms with Gasteiger partial charge in [0.1, 0.15) is 12.4 Å². The average molecular weight is 205 g/mol. The van der Waals surface area contributed by atoms with Crippen LogP contribution in [0.3, 0.4) is 0 Å². The highest BCUT2D eigenvalue weighted by atomic mass is 16.5. The minimum absolute atomic E-state index is 0.00859. The van der Waals surface area contributed by atoms with Gasteiger partial charge in [-0.05, 0) is 38.0 Å². The Labute approximate surface area is 91.7 Å². The third-order valence-corrected chi connectivity index (χ3v) is 2.13. The summed E-state index contributed by atoms with van der Waals surface area (Å²) in [5.74, 6) is 0.869. The smallest absolute Gasteiger partial charge is 0.124 e. The van der Waals surface area contributed by atoms with Gasteiger partial charge in [0, 0.05) is 11.6 Å². The van der Waals surface area contributed by atoms with Gasteiger partial charge in [-0.25, -0.2) is 0 Å². The van der Waals surface area contributed by atoms with Crippen LogP contribution in [0.1, 0.15) is 31.0 Å². The maximum atomic E-state index is 5.87. The second-order valence-electron chi connectivity index (χ2n) is 4.08. The zero-order valence-corrected chi connectivity index (χ0v) is 9.71. The topological polar surface area (TPSA) is 35.2 Å². The van der Waals surface area contributed by atoms with Crippen LogP contribution in [0.25, 0.3) is 0 Å². The zero-order chi connectivity index (χ0) is 11.4. The molecule has 0 saturated carbocycles. The van der Waals surface area contributed by atoms with E-state index in [1.807, 2.05) is 39.0 Å². The quantitative estimate of drug-likeness (QED) is 0.767. The van der Waals surface area contributed by atoms with Gasteiger partial charge in [0.2, 0.25) is 0 Å². The predicted molar refractivity (Wildman–Crippen MR) is 64.1 cm³/mol. The summed E-state index contributed by atoms with van der Waals surface area (Å²) in [6, 6.07) is 6.08. The van der Waals surface area contributed by atoms with E-state index >= 15 is 0 Å². The van der Waals surface area contributed by atoms with E-state index in [1.165, 1.54) is 5.56 Å². The van der Waals surface area contributed by atoms with Crippen molar-refractivity contribution < 1.29 is 4.74 Å². The maximum absolute atomic E-state index is 5.87. The van der Waals surface area contributed by atoms with Crippen LogP contribution in [0, 0.1) is 6.92 Å². The number of benzene rings is 1. The molecule has 1 atom stereocenters. The Morgan fingerprint density at radius 2 is 2.20 bits per heavy atom. The van der Waals surface area contributed by atoms with E-state index in [-0.39, 0.29) is 6.04 Å². The van der Waals surface area contributed by atoms with Gasteiger partial charge in [-0.1, -0.05) is 18.7 Å². The fraction of sp³-hybridized carbons (Fsp3) is 0.385. The maximum Gasteiger partial charge on any atom is 0.124 e. The first-order chi connectivity index (χ1) is 7.00. The van der Waals surface area contributed by atoms with Crippen LogP contribution in [0.4, 0.5) is 0 Å². The van der Waals surface area contributed by atoms with Crippen LogP contribution in [0.2, 0.25) is 0 Å². The van der Waals surface area contributed by atoms with Crippen molar-refractivity contribution in [1.82, 2.24) is 0 Å². The predicted octanol–water partition coefficient (Wildman–Crippen LogP) is 2.97. The van der Waals surface area contributed by atoms with E-state index < -0.39 is 0 Å². The molecule has 0 amide bonds. The van der Waals surface area contributed by atoms with Crippen LogP contribution in [-0.4, -0.2) is 6.61 Å². The van der Waals surface area contributed by atoms with E-state index in [2.05, 4.69) is 6.58 Å². The van der Waals surface area contributed by atoms with E-state index in [4.69, 9.17) is 10.5 Å². The molecule has 0 radical (unpaired) electrons. The fourth-order valence-corrected chi connectivity index (χ4v) is 1.34. The number of nitrogens with two attached hydrogens (primary N) is 1. The lowest BCUT2D eigenvalue weighted by Gasteiger charge is -2.14. The molecule has 0 aliphatic rings. The molecule has 0 heterocycles. The van der Waals surface area contributed by atoms with Gasteiger partial charge >= 0.3 is 0 Å². The molecule has 0 fully saturated rings. The first-order valence-corrected chi connectivity index (χ1v) is 5.14. The molecule has 0 aliphatic carbocycles. The molecule has 0 bridgehead atoms. The fourth-order valence-electron chi connectivity index (χ4n) is 1.34. The Kier molecular flexibility index (Phi) is 3.92. The van der Waals surface area contributed by atoms with Crippen molar-refractivity contribution >= 4 is 0 Å². The van der Waals surface area contributed by atoms with E-state index in [0.717, 1.165) is 16.9 Å². The normalized spacial score (nSPS) is 12.3. The number of aryl methyl sites for hydroxylation is 1. The van der Waals surface area contributed by atoms with Crippen molar-refractivity contribution in [2.45, 2.75) is 26.8 Å². The van der Waals surface area contributed by atoms with Gasteiger partial charge in [0.05, 0.1) is 0 Å². The van der Waals surface area contributed by atoms with Crippen LogP contribution in [-0.2, 0) is 0 Å². The number of ether oxygens (including phenoxy) is 1. The number of hydrogen-bond acceptors (Lipinski definition) is 2. The minimum atomic E-state index is -0.00859. The summed E-state index contributed by atoms with van der Waals surface area (Å²) in [7, 11) is 0. The molecule has 0 unspecified atom stereocenters. The summed E-state index contributed by atoms with van der Waals surface area (Å²) >= 11 is 0. The standard InChI is InChI=1S/C13H19NO/c1-9(2)8-15-13-7-10(3)5-6-12(13)11(4)14/h5-7,11H,1,8,14H2,2-4H3/t11-/m0/s1. The average Bonchev–Trinajstić information content (AvgIpc) is 2.14. The van der Waals surface area contributed by atoms with E-state index in [0.29, 0.717) is 6.61 Å². The Balaban J connectivity index is 2.91. The van der Waals surface area contributed by atoms with Gasteiger partial charge in [-0.2, -0.15) is 0 Å². The molecule has 0 aromatic heterocycles. The SMILES string of the molecule is C=C(C)COc1cc(C)ccc1[C@H](C)N. The third-order valence-electron chi connectivity index (χ3n) is 2.13. The molecular formula is C13H19NO. The largest absolute Gasteiger partial charge is 0.489 e. The molecule has 1 aromatic carbocycles. The van der Waals surface area contributed by atoms with Crippen molar-refractivity contribution in [3.63, 3.8) is 0 Å². The van der Waals surface area contributed by atoms with E-state index in [1.54, 1.807) is 0 Å².